The highest BCUT2D eigenvalue weighted by Crippen LogP contribution is 2.35. The van der Waals surface area contributed by atoms with E-state index in [4.69, 9.17) is 14.5 Å². The molecule has 2 unspecified atom stereocenters. The van der Waals surface area contributed by atoms with Crippen LogP contribution >= 0.6 is 11.8 Å². The van der Waals surface area contributed by atoms with E-state index in [1.807, 2.05) is 55.5 Å². The number of amides is 3. The van der Waals surface area contributed by atoms with Crippen molar-refractivity contribution >= 4 is 46.2 Å². The number of benzene rings is 2. The highest BCUT2D eigenvalue weighted by atomic mass is 32.2. The number of para-hydroxylation sites is 2. The number of aliphatic imine (C=N–C) groups is 2. The summed E-state index contributed by atoms with van der Waals surface area (Å²) in [4.78, 5) is 50.1. The van der Waals surface area contributed by atoms with E-state index < -0.39 is 11.3 Å². The molecule has 206 valence electrons. The summed E-state index contributed by atoms with van der Waals surface area (Å²) in [5.41, 5.74) is 2.21. The van der Waals surface area contributed by atoms with Gasteiger partial charge >= 0.3 is 0 Å². The molecule has 0 radical (unpaired) electrons. The molecular formula is C28H33N5O5S. The summed E-state index contributed by atoms with van der Waals surface area (Å²) in [7, 11) is 3.20. The van der Waals surface area contributed by atoms with E-state index in [-0.39, 0.29) is 30.7 Å². The first-order valence-electron chi connectivity index (χ1n) is 12.9. The maximum atomic E-state index is 13.6. The normalized spacial score (nSPS) is 16.5. The Morgan fingerprint density at radius 2 is 1.87 bits per heavy atom. The quantitative estimate of drug-likeness (QED) is 0.391. The molecule has 2 N–H and O–H groups in total. The molecule has 4 rings (SSSR count). The summed E-state index contributed by atoms with van der Waals surface area (Å²) in [6, 6.07) is 13.9. The number of nitrogens with zero attached hydrogens (tertiary/aromatic N) is 3. The lowest BCUT2D eigenvalue weighted by molar-refractivity contribution is -0.128. The molecule has 2 aromatic rings. The van der Waals surface area contributed by atoms with Crippen molar-refractivity contribution in [1.82, 2.24) is 15.5 Å². The summed E-state index contributed by atoms with van der Waals surface area (Å²) < 4.78 is 10.4. The van der Waals surface area contributed by atoms with E-state index >= 15 is 0 Å². The first kappa shape index (κ1) is 28.3. The summed E-state index contributed by atoms with van der Waals surface area (Å²) >= 11 is 1.23. The van der Waals surface area contributed by atoms with Crippen LogP contribution in [0.3, 0.4) is 0 Å². The zero-order chi connectivity index (χ0) is 27.8. The van der Waals surface area contributed by atoms with Gasteiger partial charge in [-0.15, -0.1) is 0 Å². The Morgan fingerprint density at radius 1 is 1.10 bits per heavy atom. The standard InChI is InChI=1S/C28H33N5O5S/c1-4-23(26(35)29-14-9-15-37-2)39-28-32-20-12-7-6-11-19(20)25-31-21(27(36)33(25)28)16-24(34)30-17-18-10-5-8-13-22(18)38-3/h5-8,10-13,21,23H,4,9,14-17H2,1-3H3,(H,29,35)(H,30,34). The molecule has 0 aromatic heterocycles. The minimum atomic E-state index is -0.891. The Balaban J connectivity index is 1.48. The van der Waals surface area contributed by atoms with Crippen LogP contribution in [0.15, 0.2) is 58.5 Å². The predicted octanol–water partition coefficient (Wildman–Crippen LogP) is 3.02. The zero-order valence-electron chi connectivity index (χ0n) is 22.3. The topological polar surface area (TPSA) is 122 Å². The summed E-state index contributed by atoms with van der Waals surface area (Å²) in [5.74, 6) is 0.358. The van der Waals surface area contributed by atoms with Gasteiger partial charge in [-0.2, -0.15) is 0 Å². The third-order valence-electron chi connectivity index (χ3n) is 6.33. The Morgan fingerprint density at radius 3 is 2.64 bits per heavy atom. The van der Waals surface area contributed by atoms with Gasteiger partial charge in [-0.1, -0.05) is 49.0 Å². The molecule has 2 aliphatic rings. The van der Waals surface area contributed by atoms with Gasteiger partial charge in [-0.25, -0.2) is 9.89 Å². The molecule has 3 amide bonds. The van der Waals surface area contributed by atoms with Crippen LogP contribution in [0, 0.1) is 0 Å². The number of methoxy groups -OCH3 is 2. The monoisotopic (exact) mass is 551 g/mol. The molecule has 2 aromatic carbocycles. The minimum Gasteiger partial charge on any atom is -0.496 e. The molecule has 2 atom stereocenters. The predicted molar refractivity (Wildman–Crippen MR) is 151 cm³/mol. The molecule has 0 bridgehead atoms. The van der Waals surface area contributed by atoms with Crippen molar-refractivity contribution < 1.29 is 23.9 Å². The first-order valence-corrected chi connectivity index (χ1v) is 13.8. The van der Waals surface area contributed by atoms with Crippen LogP contribution in [0.5, 0.6) is 5.75 Å². The van der Waals surface area contributed by atoms with Crippen LogP contribution in [-0.2, 0) is 25.7 Å². The molecule has 2 heterocycles. The molecular weight excluding hydrogens is 518 g/mol. The SMILES string of the molecule is CCC(SC1=Nc2ccccc2C2=NC(CC(=O)NCc3ccccc3OC)C(=O)N12)C(=O)NCCCOC. The van der Waals surface area contributed by atoms with Gasteiger partial charge in [0, 0.05) is 37.9 Å². The Bertz CT molecular complexity index is 1280. The number of carbonyl (C=O) groups is 3. The van der Waals surface area contributed by atoms with Crippen molar-refractivity contribution in [2.45, 2.75) is 44.0 Å². The maximum absolute atomic E-state index is 13.6. The molecule has 39 heavy (non-hydrogen) atoms. The number of thioether (sulfide) groups is 1. The van der Waals surface area contributed by atoms with E-state index in [9.17, 15) is 14.4 Å². The van der Waals surface area contributed by atoms with E-state index in [1.54, 1.807) is 14.2 Å². The van der Waals surface area contributed by atoms with Crippen molar-refractivity contribution in [3.8, 4) is 5.75 Å². The van der Waals surface area contributed by atoms with Crippen LogP contribution in [0.2, 0.25) is 0 Å². The van der Waals surface area contributed by atoms with Crippen molar-refractivity contribution in [1.29, 1.82) is 0 Å². The Hall–Kier alpha value is -3.70. The van der Waals surface area contributed by atoms with Crippen molar-refractivity contribution in [2.75, 3.05) is 27.4 Å². The maximum Gasteiger partial charge on any atom is 0.259 e. The Labute approximate surface area is 232 Å². The van der Waals surface area contributed by atoms with Gasteiger partial charge in [0.1, 0.15) is 17.6 Å². The molecule has 10 nitrogen and oxygen atoms in total. The van der Waals surface area contributed by atoms with Crippen LogP contribution in [0.4, 0.5) is 5.69 Å². The van der Waals surface area contributed by atoms with Gasteiger partial charge in [0.25, 0.3) is 5.91 Å². The summed E-state index contributed by atoms with van der Waals surface area (Å²) in [5, 5.41) is 5.72. The van der Waals surface area contributed by atoms with Crippen LogP contribution < -0.4 is 15.4 Å². The zero-order valence-corrected chi connectivity index (χ0v) is 23.1. The van der Waals surface area contributed by atoms with Crippen molar-refractivity contribution in [2.24, 2.45) is 9.98 Å². The lowest BCUT2D eigenvalue weighted by Gasteiger charge is -2.27. The number of hydrogen-bond acceptors (Lipinski definition) is 8. The highest BCUT2D eigenvalue weighted by molar-refractivity contribution is 8.15. The van der Waals surface area contributed by atoms with Gasteiger partial charge in [-0.05, 0) is 31.0 Å². The number of carbonyl (C=O) groups excluding carboxylic acids is 3. The molecule has 0 aliphatic carbocycles. The van der Waals surface area contributed by atoms with Gasteiger partial charge < -0.3 is 20.1 Å². The number of fused-ring (bicyclic) bond motifs is 3. The van der Waals surface area contributed by atoms with E-state index in [0.717, 1.165) is 5.56 Å². The molecule has 0 fully saturated rings. The second kappa shape index (κ2) is 13.4. The van der Waals surface area contributed by atoms with Crippen molar-refractivity contribution in [3.63, 3.8) is 0 Å². The molecule has 11 heteroatoms. The van der Waals surface area contributed by atoms with Crippen LogP contribution in [-0.4, -0.2) is 72.3 Å². The van der Waals surface area contributed by atoms with E-state index in [1.165, 1.54) is 16.7 Å². The lowest BCUT2D eigenvalue weighted by atomic mass is 10.1. The second-order valence-corrected chi connectivity index (χ2v) is 10.2. The number of hydrogen-bond donors (Lipinski definition) is 2. The summed E-state index contributed by atoms with van der Waals surface area (Å²) in [6.45, 7) is 3.25. The first-order chi connectivity index (χ1) is 19.0. The minimum absolute atomic E-state index is 0.106. The average Bonchev–Trinajstić information content (AvgIpc) is 3.28. The Kier molecular flexibility index (Phi) is 9.72. The second-order valence-electron chi connectivity index (χ2n) is 9.00. The molecule has 0 spiro atoms. The number of amidine groups is 2. The highest BCUT2D eigenvalue weighted by Gasteiger charge is 2.43. The number of nitrogens with one attached hydrogen (secondary N) is 2. The van der Waals surface area contributed by atoms with Crippen molar-refractivity contribution in [3.05, 3.63) is 59.7 Å². The van der Waals surface area contributed by atoms with Crippen LogP contribution in [0.25, 0.3) is 0 Å². The average molecular weight is 552 g/mol. The number of ether oxygens (including phenoxy) is 2. The molecule has 0 saturated heterocycles. The van der Waals surface area contributed by atoms with Gasteiger partial charge in [0.15, 0.2) is 5.17 Å². The van der Waals surface area contributed by atoms with E-state index in [0.29, 0.717) is 54.0 Å². The number of rotatable bonds is 12. The largest absolute Gasteiger partial charge is 0.496 e. The third-order valence-corrected chi connectivity index (χ3v) is 7.65. The van der Waals surface area contributed by atoms with Gasteiger partial charge in [-0.3, -0.25) is 19.4 Å². The molecule has 2 aliphatic heterocycles. The smallest absolute Gasteiger partial charge is 0.259 e. The van der Waals surface area contributed by atoms with Gasteiger partial charge in [0.2, 0.25) is 11.8 Å². The fourth-order valence-corrected chi connectivity index (χ4v) is 5.34. The third kappa shape index (κ3) is 6.66. The lowest BCUT2D eigenvalue weighted by Crippen LogP contribution is -2.44. The summed E-state index contributed by atoms with van der Waals surface area (Å²) in [6.07, 6.45) is 1.15. The van der Waals surface area contributed by atoms with Crippen LogP contribution in [0.1, 0.15) is 37.3 Å². The van der Waals surface area contributed by atoms with Gasteiger partial charge in [0.05, 0.1) is 24.5 Å². The molecule has 0 saturated carbocycles. The fourth-order valence-electron chi connectivity index (χ4n) is 4.30. The van der Waals surface area contributed by atoms with E-state index in [2.05, 4.69) is 15.6 Å². The fraction of sp³-hybridized carbons (Fsp3) is 0.393.